The highest BCUT2D eigenvalue weighted by atomic mass is 16.5. The van der Waals surface area contributed by atoms with Crippen LogP contribution in [0.4, 0.5) is 0 Å². The van der Waals surface area contributed by atoms with Gasteiger partial charge in [-0.05, 0) is 44.0 Å². The summed E-state index contributed by atoms with van der Waals surface area (Å²) in [7, 11) is 1.61. The Kier molecular flexibility index (Phi) is 5.99. The lowest BCUT2D eigenvalue weighted by molar-refractivity contribution is 0.0935. The first kappa shape index (κ1) is 15.7. The molecule has 0 radical (unpaired) electrons. The average Bonchev–Trinajstić information content (AvgIpc) is 2.43. The molecule has 0 fully saturated rings. The highest BCUT2D eigenvalue weighted by molar-refractivity contribution is 6.00. The normalized spacial score (nSPS) is 13.9. The summed E-state index contributed by atoms with van der Waals surface area (Å²) in [5.74, 6) is 0.802. The van der Waals surface area contributed by atoms with Gasteiger partial charge in [0.05, 0.1) is 19.8 Å². The van der Waals surface area contributed by atoms with Crippen molar-refractivity contribution in [1.29, 1.82) is 0 Å². The Morgan fingerprint density at radius 3 is 2.63 bits per heavy atom. The molecule has 0 spiro atoms. The van der Waals surface area contributed by atoms with Crippen molar-refractivity contribution < 1.29 is 14.6 Å². The highest BCUT2D eigenvalue weighted by Crippen LogP contribution is 2.19. The van der Waals surface area contributed by atoms with Crippen molar-refractivity contribution in [2.24, 2.45) is 0 Å². The maximum atomic E-state index is 12.3. The topological polar surface area (TPSA) is 58.6 Å². The zero-order valence-corrected chi connectivity index (χ0v) is 12.1. The van der Waals surface area contributed by atoms with Crippen molar-refractivity contribution in [3.8, 4) is 5.75 Å². The molecule has 0 aliphatic carbocycles. The molecule has 2 atom stereocenters. The van der Waals surface area contributed by atoms with Gasteiger partial charge >= 0.3 is 0 Å². The second-order valence-electron chi connectivity index (χ2n) is 4.72. The predicted molar refractivity (Wildman–Crippen MR) is 75.8 cm³/mol. The molecule has 4 heteroatoms. The van der Waals surface area contributed by atoms with Gasteiger partial charge in [0.2, 0.25) is 0 Å². The van der Waals surface area contributed by atoms with Gasteiger partial charge < -0.3 is 15.2 Å². The zero-order chi connectivity index (χ0) is 14.4. The molecule has 2 unspecified atom stereocenters. The van der Waals surface area contributed by atoms with E-state index < -0.39 is 0 Å². The van der Waals surface area contributed by atoms with Crippen LogP contribution in [0.15, 0.2) is 18.2 Å². The molecular weight excluding hydrogens is 242 g/mol. The van der Waals surface area contributed by atoms with Crippen molar-refractivity contribution in [3.05, 3.63) is 29.3 Å². The number of aliphatic hydroxyl groups is 1. The Hall–Kier alpha value is -1.39. The molecule has 1 rings (SSSR count). The summed E-state index contributed by atoms with van der Waals surface area (Å²) < 4.78 is 5.18. The Balaban J connectivity index is 2.79. The Morgan fingerprint density at radius 2 is 2.16 bits per heavy atom. The summed E-state index contributed by atoms with van der Waals surface area (Å²) in [6, 6.07) is 5.05. The molecule has 2 N–H and O–H groups in total. The lowest BCUT2D eigenvalue weighted by Crippen LogP contribution is -2.43. The van der Waals surface area contributed by atoms with Crippen LogP contribution in [-0.2, 0) is 0 Å². The van der Waals surface area contributed by atoms with E-state index in [0.29, 0.717) is 5.56 Å². The SMILES string of the molecule is CCC(CO)NC(C)C(=O)c1ccc(OC)c(C)c1. The number of nitrogens with one attached hydrogen (secondary N) is 1. The number of ketones is 1. The lowest BCUT2D eigenvalue weighted by Gasteiger charge is -2.19. The largest absolute Gasteiger partial charge is 0.496 e. The minimum atomic E-state index is -0.315. The molecule has 4 nitrogen and oxygen atoms in total. The van der Waals surface area contributed by atoms with E-state index in [1.54, 1.807) is 19.2 Å². The second kappa shape index (κ2) is 7.26. The van der Waals surface area contributed by atoms with Crippen LogP contribution in [0.1, 0.15) is 36.2 Å². The van der Waals surface area contributed by atoms with Crippen LogP contribution in [0.3, 0.4) is 0 Å². The first-order valence-electron chi connectivity index (χ1n) is 6.59. The van der Waals surface area contributed by atoms with Crippen molar-refractivity contribution in [3.63, 3.8) is 0 Å². The number of hydrogen-bond donors (Lipinski definition) is 2. The number of hydrogen-bond acceptors (Lipinski definition) is 4. The first-order chi connectivity index (χ1) is 9.03. The van der Waals surface area contributed by atoms with E-state index in [4.69, 9.17) is 9.84 Å². The molecule has 0 bridgehead atoms. The first-order valence-corrected chi connectivity index (χ1v) is 6.59. The molecule has 0 amide bonds. The number of benzene rings is 1. The molecule has 0 aromatic heterocycles. The summed E-state index contributed by atoms with van der Waals surface area (Å²) in [5.41, 5.74) is 1.60. The van der Waals surface area contributed by atoms with Crippen LogP contribution in [0.2, 0.25) is 0 Å². The van der Waals surface area contributed by atoms with Crippen LogP contribution in [0.5, 0.6) is 5.75 Å². The fourth-order valence-electron chi connectivity index (χ4n) is 2.01. The second-order valence-corrected chi connectivity index (χ2v) is 4.72. The van der Waals surface area contributed by atoms with Crippen molar-refractivity contribution in [1.82, 2.24) is 5.32 Å². The van der Waals surface area contributed by atoms with Gasteiger partial charge in [-0.15, -0.1) is 0 Å². The zero-order valence-electron chi connectivity index (χ0n) is 12.1. The fourth-order valence-corrected chi connectivity index (χ4v) is 2.01. The third kappa shape index (κ3) is 4.04. The minimum absolute atomic E-state index is 0.0256. The van der Waals surface area contributed by atoms with E-state index in [2.05, 4.69) is 5.32 Å². The van der Waals surface area contributed by atoms with Crippen molar-refractivity contribution in [2.45, 2.75) is 39.3 Å². The molecule has 0 aliphatic rings. The molecule has 19 heavy (non-hydrogen) atoms. The predicted octanol–water partition coefficient (Wildman–Crippen LogP) is 1.94. The molecule has 106 valence electrons. The van der Waals surface area contributed by atoms with Crippen LogP contribution in [0.25, 0.3) is 0 Å². The van der Waals surface area contributed by atoms with E-state index >= 15 is 0 Å². The molecule has 1 aromatic rings. The maximum Gasteiger partial charge on any atom is 0.179 e. The quantitative estimate of drug-likeness (QED) is 0.740. The van der Waals surface area contributed by atoms with E-state index in [1.807, 2.05) is 26.8 Å². The highest BCUT2D eigenvalue weighted by Gasteiger charge is 2.18. The molecule has 0 saturated carbocycles. The fraction of sp³-hybridized carbons (Fsp3) is 0.533. The van der Waals surface area contributed by atoms with Gasteiger partial charge in [0.25, 0.3) is 0 Å². The van der Waals surface area contributed by atoms with Crippen LogP contribution < -0.4 is 10.1 Å². The minimum Gasteiger partial charge on any atom is -0.496 e. The van der Waals surface area contributed by atoms with E-state index in [-0.39, 0.29) is 24.5 Å². The number of aliphatic hydroxyl groups excluding tert-OH is 1. The third-order valence-corrected chi connectivity index (χ3v) is 3.27. The van der Waals surface area contributed by atoms with Gasteiger partial charge in [0.1, 0.15) is 5.75 Å². The molecule has 0 saturated heterocycles. The van der Waals surface area contributed by atoms with Crippen LogP contribution in [0, 0.1) is 6.92 Å². The van der Waals surface area contributed by atoms with Gasteiger partial charge in [-0.3, -0.25) is 4.79 Å². The average molecular weight is 265 g/mol. The Labute approximate surface area is 114 Å². The van der Waals surface area contributed by atoms with E-state index in [1.165, 1.54) is 0 Å². The van der Waals surface area contributed by atoms with Crippen molar-refractivity contribution in [2.75, 3.05) is 13.7 Å². The number of carbonyl (C=O) groups excluding carboxylic acids is 1. The lowest BCUT2D eigenvalue weighted by atomic mass is 10.0. The third-order valence-electron chi connectivity index (χ3n) is 3.27. The smallest absolute Gasteiger partial charge is 0.179 e. The van der Waals surface area contributed by atoms with Gasteiger partial charge in [0, 0.05) is 11.6 Å². The Bertz CT molecular complexity index is 427. The maximum absolute atomic E-state index is 12.3. The van der Waals surface area contributed by atoms with Gasteiger partial charge in [-0.1, -0.05) is 6.92 Å². The summed E-state index contributed by atoms with van der Waals surface area (Å²) in [4.78, 5) is 12.3. The monoisotopic (exact) mass is 265 g/mol. The molecule has 1 aromatic carbocycles. The number of carbonyl (C=O) groups is 1. The molecule has 0 aliphatic heterocycles. The van der Waals surface area contributed by atoms with Crippen LogP contribution in [-0.4, -0.2) is 36.7 Å². The molecular formula is C15H23NO3. The van der Waals surface area contributed by atoms with Gasteiger partial charge in [-0.25, -0.2) is 0 Å². The Morgan fingerprint density at radius 1 is 1.47 bits per heavy atom. The summed E-state index contributed by atoms with van der Waals surface area (Å²) >= 11 is 0. The number of rotatable bonds is 7. The van der Waals surface area contributed by atoms with E-state index in [9.17, 15) is 4.79 Å². The standard InChI is InChI=1S/C15H23NO3/c1-5-13(9-17)16-11(3)15(18)12-6-7-14(19-4)10(2)8-12/h6-8,11,13,16-17H,5,9H2,1-4H3. The number of methoxy groups -OCH3 is 1. The van der Waals surface area contributed by atoms with E-state index in [0.717, 1.165) is 17.7 Å². The molecule has 0 heterocycles. The summed E-state index contributed by atoms with van der Waals surface area (Å²) in [6.07, 6.45) is 0.787. The van der Waals surface area contributed by atoms with Crippen LogP contribution >= 0.6 is 0 Å². The number of ether oxygens (including phenoxy) is 1. The number of aryl methyl sites for hydroxylation is 1. The summed E-state index contributed by atoms with van der Waals surface area (Å²) in [5, 5.41) is 12.3. The summed E-state index contributed by atoms with van der Waals surface area (Å²) in [6.45, 7) is 5.74. The van der Waals surface area contributed by atoms with Crippen molar-refractivity contribution >= 4 is 5.78 Å². The number of Topliss-reactive ketones (excluding diaryl/α,β-unsaturated/α-hetero) is 1. The van der Waals surface area contributed by atoms with Gasteiger partial charge in [0.15, 0.2) is 5.78 Å². The van der Waals surface area contributed by atoms with Gasteiger partial charge in [-0.2, -0.15) is 0 Å².